The molecule has 0 saturated heterocycles. The van der Waals surface area contributed by atoms with Gasteiger partial charge in [0.2, 0.25) is 0 Å². The van der Waals surface area contributed by atoms with E-state index in [1.807, 2.05) is 12.1 Å². The summed E-state index contributed by atoms with van der Waals surface area (Å²) in [6.45, 7) is 5.70. The molecule has 1 rings (SSSR count). The monoisotopic (exact) mass is 285 g/mol. The molecule has 0 spiro atoms. The summed E-state index contributed by atoms with van der Waals surface area (Å²) in [5, 5.41) is 12.9. The van der Waals surface area contributed by atoms with Gasteiger partial charge in [-0.2, -0.15) is 0 Å². The molecule has 2 N–H and O–H groups in total. The first-order valence-electron chi connectivity index (χ1n) is 5.71. The molecule has 1 aromatic carbocycles. The lowest BCUT2D eigenvalue weighted by atomic mass is 10.1. The Bertz CT molecular complexity index is 315. The molecule has 0 bridgehead atoms. The van der Waals surface area contributed by atoms with Crippen LogP contribution in [-0.4, -0.2) is 17.8 Å². The lowest BCUT2D eigenvalue weighted by molar-refractivity contribution is 0.146. The van der Waals surface area contributed by atoms with E-state index in [1.54, 1.807) is 0 Å². The highest BCUT2D eigenvalue weighted by atomic mass is 79.9. The predicted octanol–water partition coefficient (Wildman–Crippen LogP) is 2.95. The number of hydrogen-bond donors (Lipinski definition) is 2. The van der Waals surface area contributed by atoms with Crippen molar-refractivity contribution in [3.63, 3.8) is 0 Å². The fourth-order valence-corrected chi connectivity index (χ4v) is 2.10. The Morgan fingerprint density at radius 1 is 1.38 bits per heavy atom. The minimum atomic E-state index is -0.243. The van der Waals surface area contributed by atoms with E-state index in [0.29, 0.717) is 12.5 Å². The van der Waals surface area contributed by atoms with E-state index in [-0.39, 0.29) is 6.10 Å². The fraction of sp³-hybridized carbons (Fsp3) is 0.538. The van der Waals surface area contributed by atoms with Crippen molar-refractivity contribution in [2.75, 3.05) is 6.54 Å². The summed E-state index contributed by atoms with van der Waals surface area (Å²) < 4.78 is 1.09. The maximum Gasteiger partial charge on any atom is 0.0667 e. The molecule has 0 aliphatic heterocycles. The fourth-order valence-electron chi connectivity index (χ4n) is 1.66. The molecule has 0 radical (unpaired) electrons. The van der Waals surface area contributed by atoms with Crippen LogP contribution in [0, 0.1) is 5.92 Å². The zero-order chi connectivity index (χ0) is 12.0. The zero-order valence-electron chi connectivity index (χ0n) is 9.91. The van der Waals surface area contributed by atoms with Gasteiger partial charge in [-0.25, -0.2) is 0 Å². The highest BCUT2D eigenvalue weighted by molar-refractivity contribution is 9.10. The second-order valence-corrected chi connectivity index (χ2v) is 5.46. The van der Waals surface area contributed by atoms with Crippen molar-refractivity contribution in [2.45, 2.75) is 32.9 Å². The number of aliphatic hydroxyl groups excluding tert-OH is 1. The van der Waals surface area contributed by atoms with E-state index >= 15 is 0 Å². The molecule has 0 aliphatic carbocycles. The zero-order valence-corrected chi connectivity index (χ0v) is 11.5. The summed E-state index contributed by atoms with van der Waals surface area (Å²) in [5.41, 5.74) is 1.23. The number of benzene rings is 1. The Balaban J connectivity index is 2.25. The van der Waals surface area contributed by atoms with E-state index in [1.165, 1.54) is 5.56 Å². The van der Waals surface area contributed by atoms with Crippen molar-refractivity contribution >= 4 is 15.9 Å². The molecule has 0 aromatic heterocycles. The first kappa shape index (κ1) is 13.7. The van der Waals surface area contributed by atoms with Crippen LogP contribution in [0.1, 0.15) is 25.8 Å². The van der Waals surface area contributed by atoms with E-state index in [4.69, 9.17) is 0 Å². The molecular formula is C13H20BrNO. The van der Waals surface area contributed by atoms with Crippen LogP contribution < -0.4 is 5.32 Å². The lowest BCUT2D eigenvalue weighted by Crippen LogP contribution is -2.27. The molecule has 1 aromatic rings. The van der Waals surface area contributed by atoms with Crippen LogP contribution in [0.15, 0.2) is 28.7 Å². The molecule has 0 saturated carbocycles. The quantitative estimate of drug-likeness (QED) is 0.842. The van der Waals surface area contributed by atoms with E-state index in [9.17, 15) is 5.11 Å². The Hall–Kier alpha value is -0.380. The second kappa shape index (κ2) is 7.05. The van der Waals surface area contributed by atoms with Gasteiger partial charge in [-0.05, 0) is 30.0 Å². The van der Waals surface area contributed by atoms with Gasteiger partial charge in [-0.15, -0.1) is 0 Å². The third-order valence-electron chi connectivity index (χ3n) is 2.34. The molecule has 1 unspecified atom stereocenters. The summed E-state index contributed by atoms with van der Waals surface area (Å²) in [4.78, 5) is 0. The van der Waals surface area contributed by atoms with Crippen LogP contribution in [0.5, 0.6) is 0 Å². The predicted molar refractivity (Wildman–Crippen MR) is 71.3 cm³/mol. The molecule has 90 valence electrons. The average molecular weight is 286 g/mol. The van der Waals surface area contributed by atoms with Crippen molar-refractivity contribution in [3.8, 4) is 0 Å². The summed E-state index contributed by atoms with van der Waals surface area (Å²) >= 11 is 3.44. The first-order valence-corrected chi connectivity index (χ1v) is 6.50. The molecular weight excluding hydrogens is 266 g/mol. The Morgan fingerprint density at radius 2 is 2.12 bits per heavy atom. The molecule has 0 amide bonds. The number of hydrogen-bond acceptors (Lipinski definition) is 2. The number of aliphatic hydroxyl groups is 1. The van der Waals surface area contributed by atoms with Crippen molar-refractivity contribution in [3.05, 3.63) is 34.3 Å². The van der Waals surface area contributed by atoms with Crippen molar-refractivity contribution < 1.29 is 5.11 Å². The maximum absolute atomic E-state index is 9.68. The van der Waals surface area contributed by atoms with E-state index in [0.717, 1.165) is 17.4 Å². The van der Waals surface area contributed by atoms with Gasteiger partial charge in [-0.1, -0.05) is 41.9 Å². The molecule has 16 heavy (non-hydrogen) atoms. The van der Waals surface area contributed by atoms with E-state index in [2.05, 4.69) is 47.2 Å². The van der Waals surface area contributed by atoms with Crippen LogP contribution in [0.2, 0.25) is 0 Å². The van der Waals surface area contributed by atoms with Gasteiger partial charge in [0.25, 0.3) is 0 Å². The summed E-state index contributed by atoms with van der Waals surface area (Å²) in [7, 11) is 0. The third-order valence-corrected chi connectivity index (χ3v) is 2.83. The highest BCUT2D eigenvalue weighted by Gasteiger charge is 2.05. The lowest BCUT2D eigenvalue weighted by Gasteiger charge is -2.13. The topological polar surface area (TPSA) is 32.3 Å². The van der Waals surface area contributed by atoms with Crippen LogP contribution >= 0.6 is 15.9 Å². The third kappa shape index (κ3) is 5.64. The molecule has 0 aliphatic rings. The summed E-state index contributed by atoms with van der Waals surface area (Å²) in [5.74, 6) is 0.544. The van der Waals surface area contributed by atoms with Gasteiger partial charge < -0.3 is 10.4 Å². The largest absolute Gasteiger partial charge is 0.392 e. The van der Waals surface area contributed by atoms with Crippen LogP contribution in [0.4, 0.5) is 0 Å². The minimum Gasteiger partial charge on any atom is -0.392 e. The molecule has 1 atom stereocenters. The van der Waals surface area contributed by atoms with Gasteiger partial charge >= 0.3 is 0 Å². The van der Waals surface area contributed by atoms with Gasteiger partial charge in [0.05, 0.1) is 6.10 Å². The van der Waals surface area contributed by atoms with Crippen molar-refractivity contribution in [1.29, 1.82) is 0 Å². The average Bonchev–Trinajstić information content (AvgIpc) is 2.16. The molecule has 0 fully saturated rings. The SMILES string of the molecule is CC(C)CC(O)CNCc1cccc(Br)c1. The second-order valence-electron chi connectivity index (χ2n) is 4.54. The molecule has 0 heterocycles. The van der Waals surface area contributed by atoms with Gasteiger partial charge in [0.1, 0.15) is 0 Å². The first-order chi connectivity index (χ1) is 7.58. The normalized spacial score (nSPS) is 13.1. The Morgan fingerprint density at radius 3 is 2.75 bits per heavy atom. The number of rotatable bonds is 6. The highest BCUT2D eigenvalue weighted by Crippen LogP contribution is 2.11. The smallest absolute Gasteiger partial charge is 0.0667 e. The number of halogens is 1. The summed E-state index contributed by atoms with van der Waals surface area (Å²) in [6, 6.07) is 8.19. The van der Waals surface area contributed by atoms with E-state index < -0.39 is 0 Å². The minimum absolute atomic E-state index is 0.243. The maximum atomic E-state index is 9.68. The summed E-state index contributed by atoms with van der Waals surface area (Å²) in [6.07, 6.45) is 0.609. The van der Waals surface area contributed by atoms with Crippen LogP contribution in [0.25, 0.3) is 0 Å². The van der Waals surface area contributed by atoms with Gasteiger partial charge in [-0.3, -0.25) is 0 Å². The van der Waals surface area contributed by atoms with Gasteiger partial charge in [0, 0.05) is 17.6 Å². The standard InChI is InChI=1S/C13H20BrNO/c1-10(2)6-13(16)9-15-8-11-4-3-5-12(14)7-11/h3-5,7,10,13,15-16H,6,8-9H2,1-2H3. The van der Waals surface area contributed by atoms with Crippen molar-refractivity contribution in [2.24, 2.45) is 5.92 Å². The van der Waals surface area contributed by atoms with Crippen molar-refractivity contribution in [1.82, 2.24) is 5.32 Å². The van der Waals surface area contributed by atoms with Gasteiger partial charge in [0.15, 0.2) is 0 Å². The molecule has 3 heteroatoms. The van der Waals surface area contributed by atoms with Crippen LogP contribution in [0.3, 0.4) is 0 Å². The molecule has 2 nitrogen and oxygen atoms in total. The van der Waals surface area contributed by atoms with Crippen LogP contribution in [-0.2, 0) is 6.54 Å². The Kier molecular flexibility index (Phi) is 6.03. The number of nitrogens with one attached hydrogen (secondary N) is 1. The Labute approximate surface area is 106 Å².